The smallest absolute Gasteiger partial charge is 0.155 e. The minimum Gasteiger partial charge on any atom is -0.392 e. The van der Waals surface area contributed by atoms with Crippen molar-refractivity contribution in [1.82, 2.24) is 10.2 Å². The molecule has 1 fully saturated rings. The Hall–Kier alpha value is -0.380. The molecule has 0 saturated heterocycles. The standard InChI is InChI=1S/C9H10Cl2N2O/c1-5(14)9(2-3-9)6-4-7(10)12-13-8(6)11/h4-5,14H,2-3H2,1H3. The van der Waals surface area contributed by atoms with Gasteiger partial charge in [0.15, 0.2) is 10.3 Å². The van der Waals surface area contributed by atoms with E-state index in [0.717, 1.165) is 18.4 Å². The number of rotatable bonds is 2. The van der Waals surface area contributed by atoms with Crippen molar-refractivity contribution in [2.75, 3.05) is 0 Å². The Morgan fingerprint density at radius 1 is 1.43 bits per heavy atom. The molecular formula is C9H10Cl2N2O. The van der Waals surface area contributed by atoms with Crippen LogP contribution in [0.2, 0.25) is 10.3 Å². The summed E-state index contributed by atoms with van der Waals surface area (Å²) in [7, 11) is 0. The van der Waals surface area contributed by atoms with Crippen molar-refractivity contribution >= 4 is 23.2 Å². The summed E-state index contributed by atoms with van der Waals surface area (Å²) >= 11 is 11.7. The highest BCUT2D eigenvalue weighted by atomic mass is 35.5. The lowest BCUT2D eigenvalue weighted by atomic mass is 9.93. The van der Waals surface area contributed by atoms with Gasteiger partial charge in [-0.25, -0.2) is 0 Å². The van der Waals surface area contributed by atoms with Gasteiger partial charge in [0.05, 0.1) is 6.10 Å². The Balaban J connectivity index is 2.46. The molecule has 1 aromatic heterocycles. The Morgan fingerprint density at radius 2 is 2.07 bits per heavy atom. The van der Waals surface area contributed by atoms with Crippen LogP contribution in [0, 0.1) is 0 Å². The molecule has 1 N–H and O–H groups in total. The van der Waals surface area contributed by atoms with Crippen LogP contribution in [-0.2, 0) is 5.41 Å². The second-order valence-corrected chi connectivity index (χ2v) is 4.45. The van der Waals surface area contributed by atoms with E-state index >= 15 is 0 Å². The van der Waals surface area contributed by atoms with Crippen LogP contribution in [0.3, 0.4) is 0 Å². The molecule has 0 bridgehead atoms. The van der Waals surface area contributed by atoms with E-state index in [0.29, 0.717) is 10.3 Å². The number of aliphatic hydroxyl groups is 1. The molecule has 2 rings (SSSR count). The molecule has 1 aromatic rings. The van der Waals surface area contributed by atoms with E-state index in [1.165, 1.54) is 0 Å². The van der Waals surface area contributed by atoms with Gasteiger partial charge in [0.1, 0.15) is 0 Å². The van der Waals surface area contributed by atoms with Gasteiger partial charge in [-0.2, -0.15) is 0 Å². The van der Waals surface area contributed by atoms with Gasteiger partial charge in [0, 0.05) is 11.0 Å². The zero-order valence-corrected chi connectivity index (χ0v) is 9.18. The van der Waals surface area contributed by atoms with Gasteiger partial charge in [0.2, 0.25) is 0 Å². The minimum absolute atomic E-state index is 0.239. The normalized spacial score (nSPS) is 20.6. The molecule has 0 amide bonds. The van der Waals surface area contributed by atoms with E-state index in [1.807, 2.05) is 0 Å². The van der Waals surface area contributed by atoms with Gasteiger partial charge in [0.25, 0.3) is 0 Å². The zero-order valence-electron chi connectivity index (χ0n) is 7.67. The summed E-state index contributed by atoms with van der Waals surface area (Å²) in [6.07, 6.45) is 1.42. The zero-order chi connectivity index (χ0) is 10.3. The van der Waals surface area contributed by atoms with Crippen LogP contribution in [0.1, 0.15) is 25.3 Å². The van der Waals surface area contributed by atoms with E-state index in [1.54, 1.807) is 13.0 Å². The molecule has 3 nitrogen and oxygen atoms in total. The van der Waals surface area contributed by atoms with Crippen LogP contribution < -0.4 is 0 Å². The number of hydrogen-bond donors (Lipinski definition) is 1. The first-order chi connectivity index (χ1) is 6.56. The molecule has 0 radical (unpaired) electrons. The summed E-state index contributed by atoms with van der Waals surface area (Å²) in [6.45, 7) is 1.76. The average Bonchev–Trinajstić information content (AvgIpc) is 2.90. The fraction of sp³-hybridized carbons (Fsp3) is 0.556. The lowest BCUT2D eigenvalue weighted by Gasteiger charge is -2.19. The van der Waals surface area contributed by atoms with Crippen molar-refractivity contribution in [1.29, 1.82) is 0 Å². The number of halogens is 2. The van der Waals surface area contributed by atoms with E-state index in [-0.39, 0.29) is 5.41 Å². The van der Waals surface area contributed by atoms with Crippen molar-refractivity contribution in [2.45, 2.75) is 31.3 Å². The fourth-order valence-electron chi connectivity index (χ4n) is 1.75. The number of nitrogens with zero attached hydrogens (tertiary/aromatic N) is 2. The third kappa shape index (κ3) is 1.49. The van der Waals surface area contributed by atoms with E-state index in [9.17, 15) is 5.11 Å². The Morgan fingerprint density at radius 3 is 2.57 bits per heavy atom. The second-order valence-electron chi connectivity index (χ2n) is 3.70. The number of aliphatic hydroxyl groups excluding tert-OH is 1. The van der Waals surface area contributed by atoms with Crippen molar-refractivity contribution in [3.63, 3.8) is 0 Å². The molecule has 1 aliphatic carbocycles. The van der Waals surface area contributed by atoms with Gasteiger partial charge in [-0.05, 0) is 25.8 Å². The predicted octanol–water partition coefficient (Wildman–Crippen LogP) is 2.20. The summed E-state index contributed by atoms with van der Waals surface area (Å²) in [5.74, 6) is 0. The maximum absolute atomic E-state index is 9.66. The molecular weight excluding hydrogens is 223 g/mol. The average molecular weight is 233 g/mol. The fourth-order valence-corrected chi connectivity index (χ4v) is 2.18. The van der Waals surface area contributed by atoms with Gasteiger partial charge in [-0.3, -0.25) is 0 Å². The molecule has 1 heterocycles. The molecule has 0 spiro atoms. The molecule has 76 valence electrons. The lowest BCUT2D eigenvalue weighted by molar-refractivity contribution is 0.150. The van der Waals surface area contributed by atoms with Gasteiger partial charge in [-0.1, -0.05) is 23.2 Å². The van der Waals surface area contributed by atoms with E-state index in [4.69, 9.17) is 23.2 Å². The maximum Gasteiger partial charge on any atom is 0.155 e. The molecule has 1 atom stereocenters. The number of hydrogen-bond acceptors (Lipinski definition) is 3. The topological polar surface area (TPSA) is 46.0 Å². The first-order valence-corrected chi connectivity index (χ1v) is 5.19. The monoisotopic (exact) mass is 232 g/mol. The lowest BCUT2D eigenvalue weighted by Crippen LogP contribution is -2.23. The van der Waals surface area contributed by atoms with Gasteiger partial charge in [-0.15, -0.1) is 10.2 Å². The summed E-state index contributed by atoms with van der Waals surface area (Å²) in [4.78, 5) is 0. The highest BCUT2D eigenvalue weighted by Gasteiger charge is 2.50. The van der Waals surface area contributed by atoms with Crippen LogP contribution >= 0.6 is 23.2 Å². The van der Waals surface area contributed by atoms with Crippen molar-refractivity contribution in [3.8, 4) is 0 Å². The summed E-state index contributed by atoms with van der Waals surface area (Å²) in [6, 6.07) is 1.69. The molecule has 5 heteroatoms. The van der Waals surface area contributed by atoms with Crippen molar-refractivity contribution < 1.29 is 5.11 Å². The van der Waals surface area contributed by atoms with Crippen molar-refractivity contribution in [3.05, 3.63) is 21.9 Å². The maximum atomic E-state index is 9.66. The second kappa shape index (κ2) is 3.33. The summed E-state index contributed by atoms with van der Waals surface area (Å²) < 4.78 is 0. The van der Waals surface area contributed by atoms with Gasteiger partial charge >= 0.3 is 0 Å². The summed E-state index contributed by atoms with van der Waals surface area (Å²) in [5.41, 5.74) is 0.575. The van der Waals surface area contributed by atoms with E-state index < -0.39 is 6.10 Å². The van der Waals surface area contributed by atoms with Crippen molar-refractivity contribution in [2.24, 2.45) is 0 Å². The van der Waals surface area contributed by atoms with Crippen LogP contribution in [0.4, 0.5) is 0 Å². The van der Waals surface area contributed by atoms with E-state index in [2.05, 4.69) is 10.2 Å². The Labute approximate surface area is 92.1 Å². The molecule has 14 heavy (non-hydrogen) atoms. The Kier molecular flexibility index (Phi) is 2.41. The highest BCUT2D eigenvalue weighted by Crippen LogP contribution is 2.52. The van der Waals surface area contributed by atoms with Crippen LogP contribution in [-0.4, -0.2) is 21.4 Å². The number of aromatic nitrogens is 2. The van der Waals surface area contributed by atoms with Gasteiger partial charge < -0.3 is 5.11 Å². The minimum atomic E-state index is -0.430. The molecule has 1 aliphatic rings. The Bertz CT molecular complexity index is 364. The highest BCUT2D eigenvalue weighted by molar-refractivity contribution is 6.31. The third-order valence-electron chi connectivity index (χ3n) is 2.84. The predicted molar refractivity (Wildman–Crippen MR) is 54.6 cm³/mol. The van der Waals surface area contributed by atoms with Crippen LogP contribution in [0.25, 0.3) is 0 Å². The first kappa shape index (κ1) is 10.1. The SMILES string of the molecule is CC(O)C1(c2cc(Cl)nnc2Cl)CC1. The largest absolute Gasteiger partial charge is 0.392 e. The molecule has 1 unspecified atom stereocenters. The van der Waals surface area contributed by atoms with Crippen LogP contribution in [0.5, 0.6) is 0 Å². The molecule has 0 aromatic carbocycles. The van der Waals surface area contributed by atoms with Crippen LogP contribution in [0.15, 0.2) is 6.07 Å². The third-order valence-corrected chi connectivity index (χ3v) is 3.31. The quantitative estimate of drug-likeness (QED) is 0.851. The summed E-state index contributed by atoms with van der Waals surface area (Å²) in [5, 5.41) is 17.7. The molecule has 0 aliphatic heterocycles. The first-order valence-electron chi connectivity index (χ1n) is 4.43. The molecule has 1 saturated carbocycles.